The third kappa shape index (κ3) is 3.02. The number of allylic oxidation sites excluding steroid dienone is 2. The molecule has 0 aromatic heterocycles. The van der Waals surface area contributed by atoms with Gasteiger partial charge in [0.25, 0.3) is 0 Å². The molecule has 0 unspecified atom stereocenters. The second-order valence-electron chi connectivity index (χ2n) is 9.70. The van der Waals surface area contributed by atoms with E-state index in [1.807, 2.05) is 13.8 Å². The highest BCUT2D eigenvalue weighted by Crippen LogP contribution is 2.57. The summed E-state index contributed by atoms with van der Waals surface area (Å²) in [5.74, 6) is 1.32. The Labute approximate surface area is 153 Å². The van der Waals surface area contributed by atoms with E-state index in [0.717, 1.165) is 38.5 Å². The van der Waals surface area contributed by atoms with Gasteiger partial charge in [-0.05, 0) is 90.9 Å². The summed E-state index contributed by atoms with van der Waals surface area (Å²) in [6, 6.07) is 5.08. The highest BCUT2D eigenvalue weighted by atomic mass is 16.5. The normalized spacial score (nSPS) is 44.4. The number of hydrogen-bond donors (Lipinski definition) is 0. The van der Waals surface area contributed by atoms with Crippen molar-refractivity contribution in [1.82, 2.24) is 0 Å². The highest BCUT2D eigenvalue weighted by molar-refractivity contribution is 5.19. The van der Waals surface area contributed by atoms with Crippen LogP contribution in [0.15, 0.2) is 11.6 Å². The number of rotatable bonds is 2. The third-order valence-electron chi connectivity index (χ3n) is 7.50. The highest BCUT2D eigenvalue weighted by Gasteiger charge is 2.55. The first-order valence-corrected chi connectivity index (χ1v) is 9.83. The Morgan fingerprint density at radius 1 is 1.12 bits per heavy atom. The van der Waals surface area contributed by atoms with E-state index in [4.69, 9.17) is 4.74 Å². The van der Waals surface area contributed by atoms with Crippen molar-refractivity contribution in [2.45, 2.75) is 84.8 Å². The average Bonchev–Trinajstić information content (AvgIpc) is 2.99. The smallest absolute Gasteiger partial charge is 0.0779 e. The lowest BCUT2D eigenvalue weighted by molar-refractivity contribution is -0.126. The monoisotopic (exact) mass is 340 g/mol. The number of ether oxygens (including phenoxy) is 1. The third-order valence-corrected chi connectivity index (χ3v) is 7.50. The molecule has 0 N–H and O–H groups in total. The van der Waals surface area contributed by atoms with Gasteiger partial charge >= 0.3 is 0 Å². The van der Waals surface area contributed by atoms with Crippen LogP contribution < -0.4 is 0 Å². The van der Waals surface area contributed by atoms with Gasteiger partial charge in [0.15, 0.2) is 0 Å². The molecule has 6 atom stereocenters. The van der Waals surface area contributed by atoms with Crippen LogP contribution in [0.1, 0.15) is 73.1 Å². The topological polar surface area (TPSA) is 56.8 Å². The molecule has 0 bridgehead atoms. The Kier molecular flexibility index (Phi) is 4.53. The summed E-state index contributed by atoms with van der Waals surface area (Å²) < 4.78 is 6.60. The molecule has 2 aliphatic carbocycles. The Hall–Kier alpha value is -1.32. The van der Waals surface area contributed by atoms with E-state index in [0.29, 0.717) is 17.8 Å². The lowest BCUT2D eigenvalue weighted by Crippen LogP contribution is -2.50. The molecule has 2 fully saturated rings. The van der Waals surface area contributed by atoms with Crippen molar-refractivity contribution in [3.8, 4) is 12.1 Å². The first-order valence-electron chi connectivity index (χ1n) is 9.83. The van der Waals surface area contributed by atoms with Crippen LogP contribution in [0.4, 0.5) is 0 Å². The van der Waals surface area contributed by atoms with Crippen LogP contribution in [0.5, 0.6) is 0 Å². The summed E-state index contributed by atoms with van der Waals surface area (Å²) in [5.41, 5.74) is 0.639. The van der Waals surface area contributed by atoms with Gasteiger partial charge in [-0.1, -0.05) is 11.6 Å². The van der Waals surface area contributed by atoms with Crippen LogP contribution in [0, 0.1) is 51.2 Å². The van der Waals surface area contributed by atoms with Crippen LogP contribution >= 0.6 is 0 Å². The van der Waals surface area contributed by atoms with Crippen LogP contribution in [0.25, 0.3) is 0 Å². The largest absolute Gasteiger partial charge is 0.370 e. The minimum Gasteiger partial charge on any atom is -0.370 e. The van der Waals surface area contributed by atoms with Crippen molar-refractivity contribution >= 4 is 0 Å². The summed E-state index contributed by atoms with van der Waals surface area (Å²) >= 11 is 0. The van der Waals surface area contributed by atoms with Gasteiger partial charge in [-0.2, -0.15) is 10.5 Å². The van der Waals surface area contributed by atoms with Crippen LogP contribution in [-0.4, -0.2) is 11.7 Å². The summed E-state index contributed by atoms with van der Waals surface area (Å²) in [6.07, 6.45) is 8.70. The van der Waals surface area contributed by atoms with E-state index in [2.05, 4.69) is 39.0 Å². The van der Waals surface area contributed by atoms with Gasteiger partial charge in [0, 0.05) is 0 Å². The van der Waals surface area contributed by atoms with E-state index in [1.54, 1.807) is 0 Å². The second-order valence-corrected chi connectivity index (χ2v) is 9.70. The SMILES string of the molecule is CC1=C[C@H]2[C@H]([C@@]3(C)CC[C@@H](C(C)(C)C#N)O3)CC[C@@](C)(C#N)[C@@H]2CC1. The molecule has 0 amide bonds. The number of nitrogens with zero attached hydrogens (tertiary/aromatic N) is 2. The zero-order chi connectivity index (χ0) is 18.5. The fraction of sp³-hybridized carbons (Fsp3) is 0.818. The Morgan fingerprint density at radius 2 is 1.84 bits per heavy atom. The molecule has 3 heteroatoms. The van der Waals surface area contributed by atoms with Gasteiger partial charge in [0.2, 0.25) is 0 Å². The lowest BCUT2D eigenvalue weighted by atomic mass is 9.53. The van der Waals surface area contributed by atoms with Gasteiger partial charge in [-0.15, -0.1) is 0 Å². The Balaban J connectivity index is 1.89. The molecule has 3 rings (SSSR count). The second kappa shape index (κ2) is 6.14. The molecule has 0 radical (unpaired) electrons. The molecule has 3 nitrogen and oxygen atoms in total. The van der Waals surface area contributed by atoms with Crippen molar-refractivity contribution < 1.29 is 4.74 Å². The number of hydrogen-bond acceptors (Lipinski definition) is 3. The molecule has 1 saturated heterocycles. The fourth-order valence-corrected chi connectivity index (χ4v) is 5.64. The van der Waals surface area contributed by atoms with Crippen molar-refractivity contribution in [3.05, 3.63) is 11.6 Å². The molecular formula is C22H32N2O. The van der Waals surface area contributed by atoms with Gasteiger partial charge in [-0.25, -0.2) is 0 Å². The molecule has 0 aromatic carbocycles. The first kappa shape index (κ1) is 18.5. The maximum Gasteiger partial charge on any atom is 0.0779 e. The van der Waals surface area contributed by atoms with Gasteiger partial charge < -0.3 is 4.74 Å². The van der Waals surface area contributed by atoms with E-state index < -0.39 is 5.41 Å². The zero-order valence-electron chi connectivity index (χ0n) is 16.4. The molecule has 1 saturated carbocycles. The Morgan fingerprint density at radius 3 is 2.48 bits per heavy atom. The minimum atomic E-state index is -0.439. The van der Waals surface area contributed by atoms with Crippen LogP contribution in [0.3, 0.4) is 0 Å². The molecule has 0 aromatic rings. The number of nitriles is 2. The fourth-order valence-electron chi connectivity index (χ4n) is 5.64. The van der Waals surface area contributed by atoms with Crippen molar-refractivity contribution in [2.24, 2.45) is 28.6 Å². The molecule has 136 valence electrons. The predicted octanol–water partition coefficient (Wildman–Crippen LogP) is 5.39. The van der Waals surface area contributed by atoms with Gasteiger partial charge in [0.1, 0.15) is 0 Å². The lowest BCUT2D eigenvalue weighted by Gasteiger charge is -2.52. The summed E-state index contributed by atoms with van der Waals surface area (Å²) in [6.45, 7) is 10.6. The molecule has 3 aliphatic rings. The van der Waals surface area contributed by atoms with Crippen molar-refractivity contribution in [3.63, 3.8) is 0 Å². The molecule has 1 aliphatic heterocycles. The quantitative estimate of drug-likeness (QED) is 0.634. The molecule has 0 spiro atoms. The Bertz CT molecular complexity index is 652. The van der Waals surface area contributed by atoms with Gasteiger partial charge in [0.05, 0.1) is 34.7 Å². The van der Waals surface area contributed by atoms with Gasteiger partial charge in [-0.3, -0.25) is 0 Å². The summed E-state index contributed by atoms with van der Waals surface area (Å²) in [4.78, 5) is 0. The minimum absolute atomic E-state index is 0.0129. The van der Waals surface area contributed by atoms with E-state index >= 15 is 0 Å². The molecule has 25 heavy (non-hydrogen) atoms. The zero-order valence-corrected chi connectivity index (χ0v) is 16.4. The molecule has 1 heterocycles. The van der Waals surface area contributed by atoms with Crippen molar-refractivity contribution in [2.75, 3.05) is 0 Å². The van der Waals surface area contributed by atoms with E-state index in [9.17, 15) is 10.5 Å². The summed E-state index contributed by atoms with van der Waals surface area (Å²) in [7, 11) is 0. The number of fused-ring (bicyclic) bond motifs is 1. The van der Waals surface area contributed by atoms with Crippen LogP contribution in [0.2, 0.25) is 0 Å². The maximum atomic E-state index is 9.81. The van der Waals surface area contributed by atoms with E-state index in [-0.39, 0.29) is 17.1 Å². The molecular weight excluding hydrogens is 308 g/mol. The van der Waals surface area contributed by atoms with Crippen LogP contribution in [-0.2, 0) is 4.74 Å². The predicted molar refractivity (Wildman–Crippen MR) is 98.3 cm³/mol. The first-order chi connectivity index (χ1) is 11.6. The standard InChI is InChI=1S/C22H32N2O/c1-15-6-7-17-16(12-15)18(8-10-21(17,4)14-24)22(5)11-9-19(25-22)20(2,3)13-23/h12,16-19H,6-11H2,1-5H3/t16-,17-,18-,19+,21+,22-/m1/s1. The average molecular weight is 341 g/mol. The van der Waals surface area contributed by atoms with Crippen molar-refractivity contribution in [1.29, 1.82) is 10.5 Å². The van der Waals surface area contributed by atoms with E-state index in [1.165, 1.54) is 5.57 Å². The summed E-state index contributed by atoms with van der Waals surface area (Å²) in [5, 5.41) is 19.3. The maximum absolute atomic E-state index is 9.81.